The molecule has 0 fully saturated rings. The van der Waals surface area contributed by atoms with Crippen LogP contribution in [-0.2, 0) is 11.3 Å². The fourth-order valence-corrected chi connectivity index (χ4v) is 3.80. The molecule has 2 heterocycles. The van der Waals surface area contributed by atoms with Gasteiger partial charge in [0.2, 0.25) is 11.7 Å². The minimum Gasteiger partial charge on any atom is -0.343 e. The molecule has 1 atom stereocenters. The zero-order chi connectivity index (χ0) is 19.3. The van der Waals surface area contributed by atoms with E-state index in [-0.39, 0.29) is 18.5 Å². The molecule has 0 bridgehead atoms. The van der Waals surface area contributed by atoms with E-state index in [0.29, 0.717) is 5.82 Å². The molecule has 1 unspecified atom stereocenters. The van der Waals surface area contributed by atoms with Crippen molar-refractivity contribution in [1.29, 1.82) is 0 Å². The number of thiophene rings is 1. The predicted octanol–water partition coefficient (Wildman–Crippen LogP) is 3.62. The van der Waals surface area contributed by atoms with E-state index in [1.165, 1.54) is 4.80 Å². The van der Waals surface area contributed by atoms with E-state index in [2.05, 4.69) is 20.7 Å². The lowest BCUT2D eigenvalue weighted by Crippen LogP contribution is -2.32. The average molecular weight is 389 g/mol. The van der Waals surface area contributed by atoms with Crippen molar-refractivity contribution in [2.75, 3.05) is 0 Å². The Morgan fingerprint density at radius 1 is 1.07 bits per heavy atom. The summed E-state index contributed by atoms with van der Waals surface area (Å²) in [5, 5.41) is 17.6. The van der Waals surface area contributed by atoms with E-state index >= 15 is 0 Å². The van der Waals surface area contributed by atoms with Crippen molar-refractivity contribution in [3.8, 4) is 11.4 Å². The van der Waals surface area contributed by atoms with Gasteiger partial charge in [-0.15, -0.1) is 21.5 Å². The second kappa shape index (κ2) is 8.14. The second-order valence-electron chi connectivity index (χ2n) is 6.38. The van der Waals surface area contributed by atoms with Crippen molar-refractivity contribution in [3.05, 3.63) is 88.1 Å². The molecule has 28 heavy (non-hydrogen) atoms. The van der Waals surface area contributed by atoms with Crippen molar-refractivity contribution < 1.29 is 4.79 Å². The molecule has 6 nitrogen and oxygen atoms in total. The molecule has 7 heteroatoms. The minimum atomic E-state index is -0.201. The molecule has 2 aromatic carbocycles. The van der Waals surface area contributed by atoms with Crippen molar-refractivity contribution in [2.45, 2.75) is 19.5 Å². The summed E-state index contributed by atoms with van der Waals surface area (Å²) in [6.45, 7) is 2.00. The molecule has 0 aliphatic heterocycles. The number of amides is 1. The summed E-state index contributed by atoms with van der Waals surface area (Å²) in [4.78, 5) is 15.1. The highest BCUT2D eigenvalue weighted by atomic mass is 32.1. The fourth-order valence-electron chi connectivity index (χ4n) is 3.00. The molecule has 0 spiro atoms. The van der Waals surface area contributed by atoms with E-state index in [9.17, 15) is 4.79 Å². The SMILES string of the molecule is Cc1ccccc1-c1nnn(CC(=O)NC(c2ccccc2)c2cccs2)n1. The van der Waals surface area contributed by atoms with Crippen LogP contribution >= 0.6 is 11.3 Å². The zero-order valence-corrected chi connectivity index (χ0v) is 16.1. The van der Waals surface area contributed by atoms with Gasteiger partial charge in [0, 0.05) is 10.4 Å². The lowest BCUT2D eigenvalue weighted by molar-refractivity contribution is -0.122. The number of carbonyl (C=O) groups excluding carboxylic acids is 1. The van der Waals surface area contributed by atoms with Crippen LogP contribution in [-0.4, -0.2) is 26.1 Å². The average Bonchev–Trinajstić information content (AvgIpc) is 3.39. The number of hydrogen-bond donors (Lipinski definition) is 1. The first-order chi connectivity index (χ1) is 13.7. The lowest BCUT2D eigenvalue weighted by atomic mass is 10.1. The van der Waals surface area contributed by atoms with Gasteiger partial charge in [0.25, 0.3) is 0 Å². The topological polar surface area (TPSA) is 72.7 Å². The summed E-state index contributed by atoms with van der Waals surface area (Å²) in [6, 6.07) is 21.5. The molecule has 1 amide bonds. The number of rotatable bonds is 6. The van der Waals surface area contributed by atoms with E-state index in [1.807, 2.05) is 79.0 Å². The Labute approximate surface area is 166 Å². The van der Waals surface area contributed by atoms with Gasteiger partial charge in [-0.1, -0.05) is 60.7 Å². The standard InChI is InChI=1S/C21H19N5OS/c1-15-8-5-6-11-17(15)21-23-25-26(24-21)14-19(27)22-20(18-12-7-13-28-18)16-9-3-2-4-10-16/h2-13,20H,14H2,1H3,(H,22,27). The molecule has 1 N–H and O–H groups in total. The van der Waals surface area contributed by atoms with Crippen molar-refractivity contribution >= 4 is 17.2 Å². The third kappa shape index (κ3) is 3.99. The first-order valence-corrected chi connectivity index (χ1v) is 9.80. The Kier molecular flexibility index (Phi) is 5.25. The molecule has 0 aliphatic rings. The molecule has 4 rings (SSSR count). The van der Waals surface area contributed by atoms with Gasteiger partial charge < -0.3 is 5.32 Å². The van der Waals surface area contributed by atoms with Crippen LogP contribution in [0, 0.1) is 6.92 Å². The Hall–Kier alpha value is -3.32. The quantitative estimate of drug-likeness (QED) is 0.547. The Morgan fingerprint density at radius 3 is 2.61 bits per heavy atom. The maximum atomic E-state index is 12.7. The van der Waals surface area contributed by atoms with Gasteiger partial charge in [-0.25, -0.2) is 0 Å². The maximum absolute atomic E-state index is 12.7. The van der Waals surface area contributed by atoms with Crippen molar-refractivity contribution in [1.82, 2.24) is 25.5 Å². The summed E-state index contributed by atoms with van der Waals surface area (Å²) in [7, 11) is 0. The predicted molar refractivity (Wildman–Crippen MR) is 109 cm³/mol. The molecule has 2 aromatic heterocycles. The van der Waals surface area contributed by atoms with Gasteiger partial charge in [0.05, 0.1) is 6.04 Å². The monoisotopic (exact) mass is 389 g/mol. The van der Waals surface area contributed by atoms with E-state index in [0.717, 1.165) is 21.6 Å². The first-order valence-electron chi connectivity index (χ1n) is 8.92. The fraction of sp³-hybridized carbons (Fsp3) is 0.143. The van der Waals surface area contributed by atoms with Crippen molar-refractivity contribution in [2.24, 2.45) is 0 Å². The number of nitrogens with one attached hydrogen (secondary N) is 1. The number of carbonyl (C=O) groups is 1. The number of aromatic nitrogens is 4. The second-order valence-corrected chi connectivity index (χ2v) is 7.36. The van der Waals surface area contributed by atoms with E-state index < -0.39 is 0 Å². The van der Waals surface area contributed by atoms with Gasteiger partial charge in [0.15, 0.2) is 0 Å². The number of nitrogens with zero attached hydrogens (tertiary/aromatic N) is 4. The van der Waals surface area contributed by atoms with Gasteiger partial charge >= 0.3 is 0 Å². The van der Waals surface area contributed by atoms with Crippen LogP contribution in [0.5, 0.6) is 0 Å². The number of hydrogen-bond acceptors (Lipinski definition) is 5. The number of benzene rings is 2. The Bertz CT molecular complexity index is 1060. The van der Waals surface area contributed by atoms with E-state index in [4.69, 9.17) is 0 Å². The Balaban J connectivity index is 1.50. The third-order valence-corrected chi connectivity index (χ3v) is 5.33. The third-order valence-electron chi connectivity index (χ3n) is 4.39. The first kappa shape index (κ1) is 18.1. The van der Waals surface area contributed by atoms with Gasteiger partial charge in [-0.3, -0.25) is 4.79 Å². The molecular weight excluding hydrogens is 370 g/mol. The van der Waals surface area contributed by atoms with Crippen molar-refractivity contribution in [3.63, 3.8) is 0 Å². The lowest BCUT2D eigenvalue weighted by Gasteiger charge is -2.17. The largest absolute Gasteiger partial charge is 0.343 e. The highest BCUT2D eigenvalue weighted by molar-refractivity contribution is 7.10. The number of tetrazole rings is 1. The van der Waals surface area contributed by atoms with Crippen LogP contribution in [0.4, 0.5) is 0 Å². The highest BCUT2D eigenvalue weighted by Gasteiger charge is 2.19. The molecule has 0 saturated heterocycles. The highest BCUT2D eigenvalue weighted by Crippen LogP contribution is 2.26. The molecule has 0 aliphatic carbocycles. The van der Waals surface area contributed by atoms with Crippen LogP contribution in [0.25, 0.3) is 11.4 Å². The van der Waals surface area contributed by atoms with Crippen LogP contribution in [0.15, 0.2) is 72.1 Å². The summed E-state index contributed by atoms with van der Waals surface area (Å²) < 4.78 is 0. The van der Waals surface area contributed by atoms with Crippen LogP contribution in [0.2, 0.25) is 0 Å². The molecule has 140 valence electrons. The van der Waals surface area contributed by atoms with Gasteiger partial charge in [-0.2, -0.15) is 4.80 Å². The smallest absolute Gasteiger partial charge is 0.244 e. The Morgan fingerprint density at radius 2 is 1.86 bits per heavy atom. The van der Waals surface area contributed by atoms with Crippen LogP contribution in [0.3, 0.4) is 0 Å². The summed E-state index contributed by atoms with van der Waals surface area (Å²) >= 11 is 1.61. The minimum absolute atomic E-state index is 0.00753. The number of aryl methyl sites for hydroxylation is 1. The maximum Gasteiger partial charge on any atom is 0.244 e. The zero-order valence-electron chi connectivity index (χ0n) is 15.3. The van der Waals surface area contributed by atoms with Crippen LogP contribution in [0.1, 0.15) is 22.0 Å². The van der Waals surface area contributed by atoms with Gasteiger partial charge in [0.1, 0.15) is 6.54 Å². The molecule has 0 saturated carbocycles. The molecule has 4 aromatic rings. The summed E-state index contributed by atoms with van der Waals surface area (Å²) in [6.07, 6.45) is 0. The molecule has 0 radical (unpaired) electrons. The van der Waals surface area contributed by atoms with Crippen LogP contribution < -0.4 is 5.32 Å². The molecular formula is C21H19N5OS. The normalized spacial score (nSPS) is 11.9. The van der Waals surface area contributed by atoms with E-state index in [1.54, 1.807) is 11.3 Å². The van der Waals surface area contributed by atoms with Gasteiger partial charge in [-0.05, 0) is 34.7 Å². The summed E-state index contributed by atoms with van der Waals surface area (Å²) in [5.41, 5.74) is 3.01. The summed E-state index contributed by atoms with van der Waals surface area (Å²) in [5.74, 6) is 0.347.